The van der Waals surface area contributed by atoms with Crippen LogP contribution >= 0.6 is 0 Å². The van der Waals surface area contributed by atoms with E-state index in [2.05, 4.69) is 5.32 Å². The molecular formula is C28H33F7N2O2. The highest BCUT2D eigenvalue weighted by Gasteiger charge is 2.40. The van der Waals surface area contributed by atoms with E-state index in [0.29, 0.717) is 37.8 Å². The van der Waals surface area contributed by atoms with E-state index < -0.39 is 47.0 Å². The van der Waals surface area contributed by atoms with Crippen molar-refractivity contribution in [2.24, 2.45) is 0 Å². The Labute approximate surface area is 223 Å². The van der Waals surface area contributed by atoms with Gasteiger partial charge in [-0.05, 0) is 87.9 Å². The molecule has 11 heteroatoms. The van der Waals surface area contributed by atoms with Crippen LogP contribution in [0.1, 0.15) is 69.2 Å². The summed E-state index contributed by atoms with van der Waals surface area (Å²) < 4.78 is 98.8. The highest BCUT2D eigenvalue weighted by Crippen LogP contribution is 2.37. The molecule has 4 nitrogen and oxygen atoms in total. The second-order valence-corrected chi connectivity index (χ2v) is 10.9. The molecule has 1 amide bonds. The molecule has 1 fully saturated rings. The van der Waals surface area contributed by atoms with Gasteiger partial charge in [-0.1, -0.05) is 19.1 Å². The van der Waals surface area contributed by atoms with Gasteiger partial charge < -0.3 is 15.0 Å². The molecule has 0 aromatic heterocycles. The van der Waals surface area contributed by atoms with E-state index in [1.165, 1.54) is 12.1 Å². The Morgan fingerprint density at radius 2 is 1.44 bits per heavy atom. The van der Waals surface area contributed by atoms with Gasteiger partial charge >= 0.3 is 18.4 Å². The number of benzene rings is 2. The molecule has 0 saturated carbocycles. The third kappa shape index (κ3) is 8.58. The first kappa shape index (κ1) is 30.7. The Morgan fingerprint density at radius 1 is 0.897 bits per heavy atom. The Balaban J connectivity index is 1.86. The molecule has 1 unspecified atom stereocenters. The maximum Gasteiger partial charge on any atom is 0.416 e. The molecule has 0 aliphatic carbocycles. The SMILES string of the molecule is CC[C@@H]1C[C@@H](NCc2cc(C(F)(F)F)cc(C(F)(F)F)c2)CC(Cc2ccc(F)cc2)N1C(=O)OC(C)(C)C. The Hall–Kier alpha value is -2.82. The number of likely N-dealkylation sites (tertiary alicyclic amines) is 1. The third-order valence-electron chi connectivity index (χ3n) is 6.60. The van der Waals surface area contributed by atoms with Crippen LogP contribution in [-0.2, 0) is 30.1 Å². The van der Waals surface area contributed by atoms with Gasteiger partial charge in [0.05, 0.1) is 11.1 Å². The highest BCUT2D eigenvalue weighted by atomic mass is 19.4. The largest absolute Gasteiger partial charge is 0.444 e. The molecule has 2 aromatic rings. The van der Waals surface area contributed by atoms with Crippen LogP contribution in [-0.4, -0.2) is 34.7 Å². The molecule has 0 radical (unpaired) electrons. The minimum Gasteiger partial charge on any atom is -0.444 e. The minimum atomic E-state index is -4.93. The number of hydrogen-bond acceptors (Lipinski definition) is 3. The summed E-state index contributed by atoms with van der Waals surface area (Å²) in [6, 6.07) is 6.40. The van der Waals surface area contributed by atoms with Crippen molar-refractivity contribution in [1.29, 1.82) is 0 Å². The van der Waals surface area contributed by atoms with Crippen LogP contribution in [0.2, 0.25) is 0 Å². The normalized spacial score (nSPS) is 20.7. The first-order valence-corrected chi connectivity index (χ1v) is 12.7. The molecule has 1 aliphatic heterocycles. The lowest BCUT2D eigenvalue weighted by molar-refractivity contribution is -0.143. The molecule has 1 saturated heterocycles. The van der Waals surface area contributed by atoms with Crippen LogP contribution in [0.25, 0.3) is 0 Å². The summed E-state index contributed by atoms with van der Waals surface area (Å²) in [6.07, 6.45) is -8.63. The van der Waals surface area contributed by atoms with Crippen LogP contribution in [0, 0.1) is 5.82 Å². The summed E-state index contributed by atoms with van der Waals surface area (Å²) in [5.41, 5.74) is -2.85. The molecule has 2 aromatic carbocycles. The maximum atomic E-state index is 13.5. The van der Waals surface area contributed by atoms with Gasteiger partial charge in [0.1, 0.15) is 11.4 Å². The molecule has 3 atom stereocenters. The second-order valence-electron chi connectivity index (χ2n) is 10.9. The zero-order valence-corrected chi connectivity index (χ0v) is 22.2. The summed E-state index contributed by atoms with van der Waals surface area (Å²) in [7, 11) is 0. The smallest absolute Gasteiger partial charge is 0.416 e. The van der Waals surface area contributed by atoms with E-state index in [-0.39, 0.29) is 30.3 Å². The Bertz CT molecular complexity index is 1090. The molecular weight excluding hydrogens is 529 g/mol. The van der Waals surface area contributed by atoms with Crippen molar-refractivity contribution in [1.82, 2.24) is 10.2 Å². The molecule has 0 bridgehead atoms. The zero-order chi connectivity index (χ0) is 29.2. The van der Waals surface area contributed by atoms with Crippen LogP contribution in [0.15, 0.2) is 42.5 Å². The maximum absolute atomic E-state index is 13.5. The molecule has 0 spiro atoms. The first-order valence-electron chi connectivity index (χ1n) is 12.7. The van der Waals surface area contributed by atoms with Crippen molar-refractivity contribution < 1.29 is 40.3 Å². The van der Waals surface area contributed by atoms with Gasteiger partial charge in [-0.2, -0.15) is 26.3 Å². The number of rotatable bonds is 6. The quantitative estimate of drug-likeness (QED) is 0.366. The molecule has 1 heterocycles. The van der Waals surface area contributed by atoms with Gasteiger partial charge in [0, 0.05) is 24.7 Å². The van der Waals surface area contributed by atoms with E-state index in [1.807, 2.05) is 6.92 Å². The van der Waals surface area contributed by atoms with Gasteiger partial charge in [0.15, 0.2) is 0 Å². The number of carbonyl (C=O) groups is 1. The Morgan fingerprint density at radius 3 is 1.92 bits per heavy atom. The van der Waals surface area contributed by atoms with Gasteiger partial charge in [0.25, 0.3) is 0 Å². The molecule has 3 rings (SSSR count). The van der Waals surface area contributed by atoms with Gasteiger partial charge in [0.2, 0.25) is 0 Å². The van der Waals surface area contributed by atoms with E-state index in [0.717, 1.165) is 5.56 Å². The van der Waals surface area contributed by atoms with E-state index in [4.69, 9.17) is 4.74 Å². The first-order chi connectivity index (χ1) is 18.0. The number of halogens is 7. The zero-order valence-electron chi connectivity index (χ0n) is 22.2. The number of ether oxygens (including phenoxy) is 1. The predicted molar refractivity (Wildman–Crippen MR) is 132 cm³/mol. The fourth-order valence-corrected chi connectivity index (χ4v) is 4.88. The summed E-state index contributed by atoms with van der Waals surface area (Å²) in [5, 5.41) is 3.12. The number of carbonyl (C=O) groups excluding carboxylic acids is 1. The van der Waals surface area contributed by atoms with Crippen LogP contribution < -0.4 is 5.32 Å². The minimum absolute atomic E-state index is 0.106. The summed E-state index contributed by atoms with van der Waals surface area (Å²) in [5.74, 6) is -0.406. The predicted octanol–water partition coefficient (Wildman–Crippen LogP) is 7.74. The van der Waals surface area contributed by atoms with Gasteiger partial charge in [-0.3, -0.25) is 0 Å². The fraction of sp³-hybridized carbons (Fsp3) is 0.536. The molecule has 1 N–H and O–H groups in total. The summed E-state index contributed by atoms with van der Waals surface area (Å²) in [6.45, 7) is 6.92. The fourth-order valence-electron chi connectivity index (χ4n) is 4.88. The van der Waals surface area contributed by atoms with Crippen molar-refractivity contribution in [3.63, 3.8) is 0 Å². The van der Waals surface area contributed by atoms with Crippen LogP contribution in [0.5, 0.6) is 0 Å². The lowest BCUT2D eigenvalue weighted by Crippen LogP contribution is -2.57. The lowest BCUT2D eigenvalue weighted by atomic mass is 9.87. The highest BCUT2D eigenvalue weighted by molar-refractivity contribution is 5.69. The van der Waals surface area contributed by atoms with E-state index >= 15 is 0 Å². The second kappa shape index (κ2) is 11.7. The van der Waals surface area contributed by atoms with Crippen molar-refractivity contribution in [2.45, 2.75) is 96.0 Å². The summed E-state index contributed by atoms with van der Waals surface area (Å²) >= 11 is 0. The Kier molecular flexibility index (Phi) is 9.24. The lowest BCUT2D eigenvalue weighted by Gasteiger charge is -2.45. The third-order valence-corrected chi connectivity index (χ3v) is 6.60. The summed E-state index contributed by atoms with van der Waals surface area (Å²) in [4.78, 5) is 14.9. The van der Waals surface area contributed by atoms with E-state index in [1.54, 1.807) is 37.8 Å². The number of piperidine rings is 1. The number of nitrogens with one attached hydrogen (secondary N) is 1. The van der Waals surface area contributed by atoms with Crippen molar-refractivity contribution in [3.05, 3.63) is 70.5 Å². The van der Waals surface area contributed by atoms with Gasteiger partial charge in [-0.25, -0.2) is 9.18 Å². The van der Waals surface area contributed by atoms with Crippen LogP contribution in [0.3, 0.4) is 0 Å². The van der Waals surface area contributed by atoms with E-state index in [9.17, 15) is 35.5 Å². The number of amides is 1. The topological polar surface area (TPSA) is 41.6 Å². The number of alkyl halides is 6. The molecule has 39 heavy (non-hydrogen) atoms. The molecule has 1 aliphatic rings. The average molecular weight is 563 g/mol. The van der Waals surface area contributed by atoms with Crippen molar-refractivity contribution in [3.8, 4) is 0 Å². The van der Waals surface area contributed by atoms with Gasteiger partial charge in [-0.15, -0.1) is 0 Å². The monoisotopic (exact) mass is 562 g/mol. The van der Waals surface area contributed by atoms with Crippen molar-refractivity contribution in [2.75, 3.05) is 0 Å². The van der Waals surface area contributed by atoms with Crippen LogP contribution in [0.4, 0.5) is 35.5 Å². The average Bonchev–Trinajstić information content (AvgIpc) is 2.81. The number of nitrogens with zero attached hydrogens (tertiary/aromatic N) is 1. The van der Waals surface area contributed by atoms with Crippen molar-refractivity contribution >= 4 is 6.09 Å². The number of hydrogen-bond donors (Lipinski definition) is 1. The standard InChI is InChI=1S/C28H33F7N2O2/c1-5-23-14-22(36-16-18-10-19(27(30,31)32)13-20(11-18)28(33,34)35)15-24(12-17-6-8-21(29)9-7-17)37(23)25(38)39-26(2,3)4/h6-11,13,22-24,36H,5,12,14-16H2,1-4H3/t22-,23-,24?/m1/s1. The molecule has 216 valence electrons.